The molecule has 0 saturated carbocycles. The summed E-state index contributed by atoms with van der Waals surface area (Å²) < 4.78 is 0. The molecule has 0 amide bonds. The molecule has 2 atom stereocenters. The first-order chi connectivity index (χ1) is 5.54. The van der Waals surface area contributed by atoms with Crippen LogP contribution in [0.2, 0.25) is 0 Å². The number of hydrogen-bond acceptors (Lipinski definition) is 3. The third-order valence-corrected chi connectivity index (χ3v) is 2.67. The monoisotopic (exact) mass is 174 g/mol. The van der Waals surface area contributed by atoms with Gasteiger partial charge in [0.05, 0.1) is 6.61 Å². The van der Waals surface area contributed by atoms with Crippen LogP contribution in [0.4, 0.5) is 0 Å². The van der Waals surface area contributed by atoms with Crippen molar-refractivity contribution in [3.8, 4) is 0 Å². The molecule has 3 N–H and O–H groups in total. The molecule has 0 rings (SSSR count). The van der Waals surface area contributed by atoms with E-state index in [4.69, 9.17) is 10.8 Å². The third-order valence-electron chi connectivity index (χ3n) is 2.67. The van der Waals surface area contributed by atoms with Crippen LogP contribution in [0, 0.1) is 5.92 Å². The summed E-state index contributed by atoms with van der Waals surface area (Å²) in [5, 5.41) is 9.01. The summed E-state index contributed by atoms with van der Waals surface area (Å²) in [7, 11) is 2.01. The molecule has 0 aromatic heterocycles. The lowest BCUT2D eigenvalue weighted by atomic mass is 10.0. The fourth-order valence-electron chi connectivity index (χ4n) is 1.17. The van der Waals surface area contributed by atoms with Gasteiger partial charge in [-0.15, -0.1) is 0 Å². The minimum absolute atomic E-state index is 0.0994. The van der Waals surface area contributed by atoms with E-state index in [9.17, 15) is 0 Å². The Labute approximate surface area is 75.6 Å². The van der Waals surface area contributed by atoms with Gasteiger partial charge in [-0.2, -0.15) is 0 Å². The molecule has 0 aliphatic heterocycles. The van der Waals surface area contributed by atoms with E-state index in [1.54, 1.807) is 0 Å². The normalized spacial score (nSPS) is 17.0. The van der Waals surface area contributed by atoms with Gasteiger partial charge in [-0.3, -0.25) is 4.90 Å². The molecule has 0 fully saturated rings. The predicted molar refractivity (Wildman–Crippen MR) is 52.0 cm³/mol. The zero-order valence-electron chi connectivity index (χ0n) is 8.62. The highest BCUT2D eigenvalue weighted by Gasteiger charge is 2.19. The van der Waals surface area contributed by atoms with Crippen molar-refractivity contribution in [2.75, 3.05) is 20.2 Å². The van der Waals surface area contributed by atoms with Crippen LogP contribution in [0.25, 0.3) is 0 Å². The van der Waals surface area contributed by atoms with Gasteiger partial charge in [-0.1, -0.05) is 13.8 Å². The Bertz CT molecular complexity index is 111. The van der Waals surface area contributed by atoms with E-state index in [-0.39, 0.29) is 12.6 Å². The van der Waals surface area contributed by atoms with Crippen LogP contribution in [-0.4, -0.2) is 42.3 Å². The van der Waals surface area contributed by atoms with E-state index in [0.717, 1.165) is 0 Å². The summed E-state index contributed by atoms with van der Waals surface area (Å²) in [4.78, 5) is 2.14. The van der Waals surface area contributed by atoms with Gasteiger partial charge in [0.15, 0.2) is 0 Å². The van der Waals surface area contributed by atoms with Crippen molar-refractivity contribution >= 4 is 0 Å². The van der Waals surface area contributed by atoms with E-state index in [1.807, 2.05) is 7.05 Å². The second kappa shape index (κ2) is 5.51. The first-order valence-corrected chi connectivity index (χ1v) is 4.57. The van der Waals surface area contributed by atoms with Crippen molar-refractivity contribution in [2.45, 2.75) is 32.9 Å². The van der Waals surface area contributed by atoms with Crippen LogP contribution in [0.1, 0.15) is 20.8 Å². The topological polar surface area (TPSA) is 49.5 Å². The number of likely N-dealkylation sites (N-methyl/N-ethyl adjacent to an activating group) is 1. The van der Waals surface area contributed by atoms with Gasteiger partial charge < -0.3 is 10.8 Å². The maximum atomic E-state index is 9.01. The number of nitrogens with zero attached hydrogens (tertiary/aromatic N) is 1. The van der Waals surface area contributed by atoms with Crippen molar-refractivity contribution in [2.24, 2.45) is 11.7 Å². The molecule has 0 heterocycles. The summed E-state index contributed by atoms with van der Waals surface area (Å²) in [6, 6.07) is 0.563. The highest BCUT2D eigenvalue weighted by molar-refractivity contribution is 4.75. The highest BCUT2D eigenvalue weighted by Crippen LogP contribution is 2.10. The number of rotatable bonds is 5. The Balaban J connectivity index is 4.05. The van der Waals surface area contributed by atoms with Crippen molar-refractivity contribution in [1.82, 2.24) is 4.90 Å². The average molecular weight is 174 g/mol. The predicted octanol–water partition coefficient (Wildman–Crippen LogP) is 0.282. The Morgan fingerprint density at radius 3 is 2.08 bits per heavy atom. The van der Waals surface area contributed by atoms with E-state index < -0.39 is 0 Å². The van der Waals surface area contributed by atoms with Crippen molar-refractivity contribution in [1.29, 1.82) is 0 Å². The third kappa shape index (κ3) is 3.09. The van der Waals surface area contributed by atoms with Crippen LogP contribution in [0.15, 0.2) is 0 Å². The van der Waals surface area contributed by atoms with E-state index in [0.29, 0.717) is 18.5 Å². The van der Waals surface area contributed by atoms with Gasteiger partial charge >= 0.3 is 0 Å². The minimum Gasteiger partial charge on any atom is -0.395 e. The summed E-state index contributed by atoms with van der Waals surface area (Å²) in [5.41, 5.74) is 5.52. The minimum atomic E-state index is 0.0994. The number of nitrogens with two attached hydrogens (primary N) is 1. The Morgan fingerprint density at radius 2 is 1.83 bits per heavy atom. The standard InChI is InChI=1S/C9H22N2O/c1-7(2)8(3)11(4)9(5-10)6-12/h7-9,12H,5-6,10H2,1-4H3. The smallest absolute Gasteiger partial charge is 0.0599 e. The molecule has 0 aliphatic carbocycles. The lowest BCUT2D eigenvalue weighted by molar-refractivity contribution is 0.0999. The Morgan fingerprint density at radius 1 is 1.33 bits per heavy atom. The largest absolute Gasteiger partial charge is 0.395 e. The maximum Gasteiger partial charge on any atom is 0.0599 e. The molecule has 74 valence electrons. The summed E-state index contributed by atoms with van der Waals surface area (Å²) in [6.45, 7) is 7.16. The fourth-order valence-corrected chi connectivity index (χ4v) is 1.17. The molecule has 0 bridgehead atoms. The fraction of sp³-hybridized carbons (Fsp3) is 1.00. The van der Waals surface area contributed by atoms with Crippen LogP contribution in [0.3, 0.4) is 0 Å². The number of aliphatic hydroxyl groups excluding tert-OH is 1. The Hall–Kier alpha value is -0.120. The van der Waals surface area contributed by atoms with Gasteiger partial charge in [0, 0.05) is 18.6 Å². The molecular formula is C9H22N2O. The second-order valence-corrected chi connectivity index (χ2v) is 3.72. The SMILES string of the molecule is CC(C)C(C)N(C)C(CN)CO. The van der Waals surface area contributed by atoms with Gasteiger partial charge in [0.1, 0.15) is 0 Å². The molecule has 0 aromatic carbocycles. The number of hydrogen-bond donors (Lipinski definition) is 2. The van der Waals surface area contributed by atoms with Crippen LogP contribution < -0.4 is 5.73 Å². The molecule has 12 heavy (non-hydrogen) atoms. The van der Waals surface area contributed by atoms with Crippen molar-refractivity contribution < 1.29 is 5.11 Å². The molecule has 3 heteroatoms. The molecule has 3 nitrogen and oxygen atoms in total. The average Bonchev–Trinajstić information content (AvgIpc) is 2.05. The molecule has 0 aliphatic rings. The van der Waals surface area contributed by atoms with Gasteiger partial charge in [-0.05, 0) is 19.9 Å². The summed E-state index contributed by atoms with van der Waals surface area (Å²) in [5.74, 6) is 0.593. The molecular weight excluding hydrogens is 152 g/mol. The van der Waals surface area contributed by atoms with E-state index >= 15 is 0 Å². The molecule has 0 spiro atoms. The highest BCUT2D eigenvalue weighted by atomic mass is 16.3. The van der Waals surface area contributed by atoms with Gasteiger partial charge in [0.2, 0.25) is 0 Å². The molecule has 0 radical (unpaired) electrons. The second-order valence-electron chi connectivity index (χ2n) is 3.72. The lowest BCUT2D eigenvalue weighted by Crippen LogP contribution is -2.47. The maximum absolute atomic E-state index is 9.01. The van der Waals surface area contributed by atoms with Crippen LogP contribution in [-0.2, 0) is 0 Å². The van der Waals surface area contributed by atoms with Gasteiger partial charge in [0.25, 0.3) is 0 Å². The number of aliphatic hydroxyl groups is 1. The first kappa shape index (κ1) is 11.9. The zero-order chi connectivity index (χ0) is 9.72. The van der Waals surface area contributed by atoms with Gasteiger partial charge in [-0.25, -0.2) is 0 Å². The zero-order valence-corrected chi connectivity index (χ0v) is 8.62. The lowest BCUT2D eigenvalue weighted by Gasteiger charge is -2.33. The van der Waals surface area contributed by atoms with Crippen LogP contribution >= 0.6 is 0 Å². The Kier molecular flexibility index (Phi) is 5.46. The first-order valence-electron chi connectivity index (χ1n) is 4.57. The summed E-state index contributed by atoms with van der Waals surface area (Å²) in [6.07, 6.45) is 0. The van der Waals surface area contributed by atoms with Crippen molar-refractivity contribution in [3.63, 3.8) is 0 Å². The van der Waals surface area contributed by atoms with E-state index in [2.05, 4.69) is 25.7 Å². The molecule has 2 unspecified atom stereocenters. The van der Waals surface area contributed by atoms with Crippen LogP contribution in [0.5, 0.6) is 0 Å². The molecule has 0 aromatic rings. The quantitative estimate of drug-likeness (QED) is 0.629. The van der Waals surface area contributed by atoms with E-state index in [1.165, 1.54) is 0 Å². The van der Waals surface area contributed by atoms with Crippen molar-refractivity contribution in [3.05, 3.63) is 0 Å². The summed E-state index contributed by atoms with van der Waals surface area (Å²) >= 11 is 0. The molecule has 0 saturated heterocycles.